The van der Waals surface area contributed by atoms with Crippen LogP contribution in [0.4, 0.5) is 0 Å². The zero-order chi connectivity index (χ0) is 12.0. The predicted octanol–water partition coefficient (Wildman–Crippen LogP) is 3.24. The maximum absolute atomic E-state index is 6.14. The Morgan fingerprint density at radius 1 is 1.41 bits per heavy atom. The van der Waals surface area contributed by atoms with E-state index in [2.05, 4.69) is 47.2 Å². The highest BCUT2D eigenvalue weighted by molar-refractivity contribution is 9.10. The summed E-state index contributed by atoms with van der Waals surface area (Å²) < 4.78 is 7.32. The second-order valence-electron chi connectivity index (χ2n) is 5.71. The molecule has 1 aromatic carbocycles. The van der Waals surface area contributed by atoms with Crippen molar-refractivity contribution in [3.8, 4) is 5.75 Å². The molecular weight excluding hydrogens is 278 g/mol. The van der Waals surface area contributed by atoms with E-state index in [9.17, 15) is 0 Å². The molecule has 1 atom stereocenters. The highest BCUT2D eigenvalue weighted by Gasteiger charge is 2.34. The van der Waals surface area contributed by atoms with Crippen LogP contribution in [0.5, 0.6) is 5.75 Å². The molecule has 92 valence electrons. The monoisotopic (exact) mass is 295 g/mol. The van der Waals surface area contributed by atoms with Crippen LogP contribution in [0.2, 0.25) is 0 Å². The molecule has 2 aliphatic heterocycles. The SMILES string of the molecule is CC1(C)Cc2cc(Br)cc(C3CCNC3)c2O1. The Balaban J connectivity index is 2.05. The Labute approximate surface area is 111 Å². The maximum atomic E-state index is 6.14. The molecule has 3 rings (SSSR count). The molecule has 0 saturated carbocycles. The van der Waals surface area contributed by atoms with Crippen molar-refractivity contribution in [3.63, 3.8) is 0 Å². The summed E-state index contributed by atoms with van der Waals surface area (Å²) >= 11 is 3.62. The fourth-order valence-corrected chi connectivity index (χ4v) is 3.45. The zero-order valence-electron chi connectivity index (χ0n) is 10.3. The van der Waals surface area contributed by atoms with E-state index in [4.69, 9.17) is 4.74 Å². The van der Waals surface area contributed by atoms with Crippen molar-refractivity contribution in [1.82, 2.24) is 5.32 Å². The molecule has 1 aromatic rings. The first-order chi connectivity index (χ1) is 8.05. The molecule has 2 heterocycles. The topological polar surface area (TPSA) is 21.3 Å². The van der Waals surface area contributed by atoms with Gasteiger partial charge in [-0.3, -0.25) is 0 Å². The van der Waals surface area contributed by atoms with Gasteiger partial charge in [0.1, 0.15) is 11.4 Å². The van der Waals surface area contributed by atoms with Crippen molar-refractivity contribution < 1.29 is 4.74 Å². The second kappa shape index (κ2) is 3.99. The molecule has 0 amide bonds. The molecule has 2 nitrogen and oxygen atoms in total. The first-order valence-electron chi connectivity index (χ1n) is 6.27. The van der Waals surface area contributed by atoms with Gasteiger partial charge in [0, 0.05) is 23.4 Å². The zero-order valence-corrected chi connectivity index (χ0v) is 11.9. The van der Waals surface area contributed by atoms with Crippen LogP contribution in [0.1, 0.15) is 37.3 Å². The van der Waals surface area contributed by atoms with E-state index in [0.717, 1.165) is 25.3 Å². The number of hydrogen-bond acceptors (Lipinski definition) is 2. The van der Waals surface area contributed by atoms with E-state index >= 15 is 0 Å². The standard InChI is InChI=1S/C14H18BrNO/c1-14(2)7-10-5-11(15)6-12(13(10)17-14)9-3-4-16-8-9/h5-6,9,16H,3-4,7-8H2,1-2H3. The van der Waals surface area contributed by atoms with Gasteiger partial charge in [-0.1, -0.05) is 15.9 Å². The number of hydrogen-bond donors (Lipinski definition) is 1. The van der Waals surface area contributed by atoms with Crippen molar-refractivity contribution in [2.45, 2.75) is 38.2 Å². The largest absolute Gasteiger partial charge is 0.487 e. The van der Waals surface area contributed by atoms with Crippen molar-refractivity contribution >= 4 is 15.9 Å². The summed E-state index contributed by atoms with van der Waals surface area (Å²) in [6.07, 6.45) is 2.22. The Morgan fingerprint density at radius 2 is 2.24 bits per heavy atom. The summed E-state index contributed by atoms with van der Waals surface area (Å²) in [6, 6.07) is 4.44. The highest BCUT2D eigenvalue weighted by atomic mass is 79.9. The fraction of sp³-hybridized carbons (Fsp3) is 0.571. The molecule has 1 unspecified atom stereocenters. The molecule has 2 aliphatic rings. The molecule has 1 N–H and O–H groups in total. The van der Waals surface area contributed by atoms with Gasteiger partial charge in [0.2, 0.25) is 0 Å². The van der Waals surface area contributed by atoms with Gasteiger partial charge in [-0.05, 0) is 50.1 Å². The molecule has 0 spiro atoms. The Kier molecular flexibility index (Phi) is 2.71. The van der Waals surface area contributed by atoms with Gasteiger partial charge in [0.15, 0.2) is 0 Å². The van der Waals surface area contributed by atoms with Crippen LogP contribution >= 0.6 is 15.9 Å². The Morgan fingerprint density at radius 3 is 2.94 bits per heavy atom. The molecule has 3 heteroatoms. The summed E-state index contributed by atoms with van der Waals surface area (Å²) in [5.74, 6) is 1.75. The van der Waals surface area contributed by atoms with Crippen LogP contribution in [0.15, 0.2) is 16.6 Å². The van der Waals surface area contributed by atoms with E-state index in [1.54, 1.807) is 0 Å². The average Bonchev–Trinajstić information content (AvgIpc) is 2.81. The summed E-state index contributed by atoms with van der Waals surface area (Å²) in [6.45, 7) is 6.52. The molecule has 17 heavy (non-hydrogen) atoms. The minimum Gasteiger partial charge on any atom is -0.487 e. The lowest BCUT2D eigenvalue weighted by atomic mass is 9.94. The number of rotatable bonds is 1. The third-order valence-corrected chi connectivity index (χ3v) is 4.11. The molecule has 0 radical (unpaired) electrons. The lowest BCUT2D eigenvalue weighted by Crippen LogP contribution is -2.25. The first kappa shape index (κ1) is 11.5. The van der Waals surface area contributed by atoms with Crippen LogP contribution in [0, 0.1) is 0 Å². The van der Waals surface area contributed by atoms with Gasteiger partial charge in [-0.15, -0.1) is 0 Å². The molecule has 0 aromatic heterocycles. The lowest BCUT2D eigenvalue weighted by molar-refractivity contribution is 0.137. The second-order valence-corrected chi connectivity index (χ2v) is 6.63. The van der Waals surface area contributed by atoms with Crippen LogP contribution < -0.4 is 10.1 Å². The lowest BCUT2D eigenvalue weighted by Gasteiger charge is -2.20. The van der Waals surface area contributed by atoms with Crippen molar-refractivity contribution in [2.24, 2.45) is 0 Å². The minimum absolute atomic E-state index is 0.0517. The van der Waals surface area contributed by atoms with Gasteiger partial charge in [0.25, 0.3) is 0 Å². The highest BCUT2D eigenvalue weighted by Crippen LogP contribution is 2.43. The molecule has 0 bridgehead atoms. The van der Waals surface area contributed by atoms with E-state index in [-0.39, 0.29) is 5.60 Å². The number of ether oxygens (including phenoxy) is 1. The van der Waals surface area contributed by atoms with Gasteiger partial charge in [0.05, 0.1) is 0 Å². The molecule has 0 aliphatic carbocycles. The third kappa shape index (κ3) is 2.11. The van der Waals surface area contributed by atoms with E-state index in [1.165, 1.54) is 22.0 Å². The van der Waals surface area contributed by atoms with Gasteiger partial charge in [-0.2, -0.15) is 0 Å². The summed E-state index contributed by atoms with van der Waals surface area (Å²) in [5.41, 5.74) is 2.68. The quantitative estimate of drug-likeness (QED) is 0.859. The van der Waals surface area contributed by atoms with E-state index in [1.807, 2.05) is 0 Å². The average molecular weight is 296 g/mol. The number of nitrogens with one attached hydrogen (secondary N) is 1. The van der Waals surface area contributed by atoms with Crippen LogP contribution in [-0.4, -0.2) is 18.7 Å². The van der Waals surface area contributed by atoms with Crippen LogP contribution in [0.3, 0.4) is 0 Å². The molecular formula is C14H18BrNO. The van der Waals surface area contributed by atoms with Crippen molar-refractivity contribution in [3.05, 3.63) is 27.7 Å². The minimum atomic E-state index is -0.0517. The smallest absolute Gasteiger partial charge is 0.127 e. The number of halogens is 1. The molecule has 1 saturated heterocycles. The third-order valence-electron chi connectivity index (χ3n) is 3.65. The van der Waals surface area contributed by atoms with Gasteiger partial charge >= 0.3 is 0 Å². The van der Waals surface area contributed by atoms with Crippen LogP contribution in [0.25, 0.3) is 0 Å². The summed E-state index contributed by atoms with van der Waals surface area (Å²) in [4.78, 5) is 0. The van der Waals surface area contributed by atoms with Crippen molar-refractivity contribution in [1.29, 1.82) is 0 Å². The summed E-state index contributed by atoms with van der Waals surface area (Å²) in [5, 5.41) is 3.43. The predicted molar refractivity (Wildman–Crippen MR) is 72.8 cm³/mol. The normalized spacial score (nSPS) is 25.7. The number of fused-ring (bicyclic) bond motifs is 1. The number of benzene rings is 1. The van der Waals surface area contributed by atoms with E-state index in [0.29, 0.717) is 5.92 Å². The van der Waals surface area contributed by atoms with Crippen LogP contribution in [-0.2, 0) is 6.42 Å². The Hall–Kier alpha value is -0.540. The molecule has 1 fully saturated rings. The summed E-state index contributed by atoms with van der Waals surface area (Å²) in [7, 11) is 0. The Bertz CT molecular complexity index is 450. The first-order valence-corrected chi connectivity index (χ1v) is 7.06. The van der Waals surface area contributed by atoms with Gasteiger partial charge < -0.3 is 10.1 Å². The fourth-order valence-electron chi connectivity index (χ4n) is 2.92. The maximum Gasteiger partial charge on any atom is 0.127 e. The van der Waals surface area contributed by atoms with E-state index < -0.39 is 0 Å². The van der Waals surface area contributed by atoms with Crippen molar-refractivity contribution in [2.75, 3.05) is 13.1 Å². The van der Waals surface area contributed by atoms with Gasteiger partial charge in [-0.25, -0.2) is 0 Å².